The van der Waals surface area contributed by atoms with Gasteiger partial charge in [0.25, 0.3) is 0 Å². The lowest BCUT2D eigenvalue weighted by Crippen LogP contribution is -2.28. The van der Waals surface area contributed by atoms with E-state index in [1.807, 2.05) is 49.4 Å². The maximum Gasteiger partial charge on any atom is 0.223 e. The molecule has 1 atom stereocenters. The molecule has 1 heterocycles. The minimum atomic E-state index is -0.116. The Bertz CT molecular complexity index is 750. The topological polar surface area (TPSA) is 56.8 Å². The molecule has 25 heavy (non-hydrogen) atoms. The molecule has 5 nitrogen and oxygen atoms in total. The molecule has 2 aromatic carbocycles. The van der Waals surface area contributed by atoms with E-state index in [0.29, 0.717) is 26.2 Å². The van der Waals surface area contributed by atoms with E-state index in [1.165, 1.54) is 0 Å². The summed E-state index contributed by atoms with van der Waals surface area (Å²) in [4.78, 5) is 12.1. The summed E-state index contributed by atoms with van der Waals surface area (Å²) < 4.78 is 17.6. The van der Waals surface area contributed by atoms with Crippen LogP contribution in [0, 0.1) is 0 Å². The summed E-state index contributed by atoms with van der Waals surface area (Å²) in [6.45, 7) is 3.38. The van der Waals surface area contributed by atoms with Crippen molar-refractivity contribution in [1.29, 1.82) is 0 Å². The fraction of sp³-hybridized carbons (Fsp3) is 0.316. The summed E-state index contributed by atoms with van der Waals surface area (Å²) in [5.74, 6) is 2.15. The van der Waals surface area contributed by atoms with Gasteiger partial charge in [-0.3, -0.25) is 4.79 Å². The molecule has 0 bridgehead atoms. The van der Waals surface area contributed by atoms with Crippen LogP contribution in [0.25, 0.3) is 0 Å². The molecular formula is C19H20BrNO4. The molecule has 6 heteroatoms. The highest BCUT2D eigenvalue weighted by atomic mass is 79.9. The number of rotatable bonds is 6. The lowest BCUT2D eigenvalue weighted by atomic mass is 10.1. The zero-order valence-corrected chi connectivity index (χ0v) is 15.5. The normalized spacial score (nSPS) is 13.8. The van der Waals surface area contributed by atoms with Crippen molar-refractivity contribution in [3.05, 3.63) is 52.5 Å². The number of carbonyl (C=O) groups is 1. The molecular weight excluding hydrogens is 386 g/mol. The van der Waals surface area contributed by atoms with Gasteiger partial charge >= 0.3 is 0 Å². The van der Waals surface area contributed by atoms with Gasteiger partial charge in [-0.1, -0.05) is 28.1 Å². The molecule has 0 spiro atoms. The molecule has 1 N–H and O–H groups in total. The average molecular weight is 406 g/mol. The minimum absolute atomic E-state index is 0.0580. The number of ether oxygens (including phenoxy) is 3. The van der Waals surface area contributed by atoms with Crippen LogP contribution in [-0.2, 0) is 4.79 Å². The van der Waals surface area contributed by atoms with Crippen LogP contribution in [0.3, 0.4) is 0 Å². The van der Waals surface area contributed by atoms with Crippen LogP contribution in [0.2, 0.25) is 0 Å². The lowest BCUT2D eigenvalue weighted by molar-refractivity contribution is -0.122. The van der Waals surface area contributed by atoms with E-state index in [2.05, 4.69) is 21.2 Å². The van der Waals surface area contributed by atoms with Gasteiger partial charge in [0.05, 0.1) is 19.1 Å². The van der Waals surface area contributed by atoms with Gasteiger partial charge in [-0.25, -0.2) is 0 Å². The van der Waals surface area contributed by atoms with Crippen LogP contribution < -0.4 is 19.5 Å². The first kappa shape index (κ1) is 17.6. The van der Waals surface area contributed by atoms with Crippen molar-refractivity contribution in [2.45, 2.75) is 19.4 Å². The molecule has 2 aromatic rings. The number of carbonyl (C=O) groups excluding carboxylic acids is 1. The third-order valence-corrected chi connectivity index (χ3v) is 4.33. The highest BCUT2D eigenvalue weighted by Gasteiger charge is 2.15. The van der Waals surface area contributed by atoms with Gasteiger partial charge in [0.15, 0.2) is 11.5 Å². The van der Waals surface area contributed by atoms with Crippen molar-refractivity contribution >= 4 is 21.8 Å². The molecule has 0 fully saturated rings. The molecule has 0 aromatic heterocycles. The molecule has 1 unspecified atom stereocenters. The quantitative estimate of drug-likeness (QED) is 0.792. The standard InChI is InChI=1S/C19H20BrNO4/c1-13(14-5-6-17-18(11-14)25-10-9-24-17)21-19(22)7-8-23-16-4-2-3-15(20)12-16/h2-6,11-13H,7-10H2,1H3,(H,21,22). The Morgan fingerprint density at radius 1 is 1.20 bits per heavy atom. The van der Waals surface area contributed by atoms with Crippen LogP contribution in [0.5, 0.6) is 17.2 Å². The minimum Gasteiger partial charge on any atom is -0.493 e. The van der Waals surface area contributed by atoms with Gasteiger partial charge in [0.1, 0.15) is 19.0 Å². The fourth-order valence-electron chi connectivity index (χ4n) is 2.54. The monoisotopic (exact) mass is 405 g/mol. The SMILES string of the molecule is CC(NC(=O)CCOc1cccc(Br)c1)c1ccc2c(c1)OCCO2. The summed E-state index contributed by atoms with van der Waals surface area (Å²) in [7, 11) is 0. The van der Waals surface area contributed by atoms with Gasteiger partial charge in [-0.15, -0.1) is 0 Å². The fourth-order valence-corrected chi connectivity index (χ4v) is 2.92. The van der Waals surface area contributed by atoms with Crippen molar-refractivity contribution in [3.8, 4) is 17.2 Å². The molecule has 1 amide bonds. The van der Waals surface area contributed by atoms with Crippen LogP contribution in [0.15, 0.2) is 46.9 Å². The molecule has 0 aliphatic carbocycles. The second-order valence-corrected chi connectivity index (χ2v) is 6.66. The Kier molecular flexibility index (Phi) is 5.81. The second-order valence-electron chi connectivity index (χ2n) is 5.75. The first-order valence-electron chi connectivity index (χ1n) is 8.19. The Morgan fingerprint density at radius 2 is 2.00 bits per heavy atom. The number of hydrogen-bond acceptors (Lipinski definition) is 4. The van der Waals surface area contributed by atoms with Gasteiger partial charge in [-0.05, 0) is 42.8 Å². The van der Waals surface area contributed by atoms with Crippen molar-refractivity contribution in [2.24, 2.45) is 0 Å². The average Bonchev–Trinajstić information content (AvgIpc) is 2.61. The molecule has 0 saturated carbocycles. The highest BCUT2D eigenvalue weighted by Crippen LogP contribution is 2.32. The molecule has 132 valence electrons. The van der Waals surface area contributed by atoms with E-state index in [1.54, 1.807) is 0 Å². The summed E-state index contributed by atoms with van der Waals surface area (Å²) >= 11 is 3.39. The maximum absolute atomic E-state index is 12.1. The van der Waals surface area contributed by atoms with Crippen molar-refractivity contribution in [1.82, 2.24) is 5.32 Å². The second kappa shape index (κ2) is 8.25. The van der Waals surface area contributed by atoms with Crippen LogP contribution >= 0.6 is 15.9 Å². The largest absolute Gasteiger partial charge is 0.493 e. The van der Waals surface area contributed by atoms with E-state index in [-0.39, 0.29) is 11.9 Å². The molecule has 1 aliphatic rings. The number of halogens is 1. The Labute approximate surface area is 155 Å². The van der Waals surface area contributed by atoms with Gasteiger partial charge in [0, 0.05) is 4.47 Å². The maximum atomic E-state index is 12.1. The van der Waals surface area contributed by atoms with E-state index in [4.69, 9.17) is 14.2 Å². The molecule has 1 aliphatic heterocycles. The summed E-state index contributed by atoms with van der Waals surface area (Å²) in [5.41, 5.74) is 0.977. The number of hydrogen-bond donors (Lipinski definition) is 1. The van der Waals surface area contributed by atoms with Gasteiger partial charge in [-0.2, -0.15) is 0 Å². The first-order chi connectivity index (χ1) is 12.1. The number of nitrogens with one attached hydrogen (secondary N) is 1. The summed E-state index contributed by atoms with van der Waals surface area (Å²) in [6.07, 6.45) is 0.293. The van der Waals surface area contributed by atoms with Crippen LogP contribution in [0.4, 0.5) is 0 Å². The van der Waals surface area contributed by atoms with Crippen LogP contribution in [-0.4, -0.2) is 25.7 Å². The van der Waals surface area contributed by atoms with E-state index >= 15 is 0 Å². The predicted molar refractivity (Wildman–Crippen MR) is 98.2 cm³/mol. The summed E-state index contributed by atoms with van der Waals surface area (Å²) in [5, 5.41) is 2.98. The molecule has 3 rings (SSSR count). The first-order valence-corrected chi connectivity index (χ1v) is 8.98. The lowest BCUT2D eigenvalue weighted by Gasteiger charge is -2.21. The molecule has 0 radical (unpaired) electrons. The highest BCUT2D eigenvalue weighted by molar-refractivity contribution is 9.10. The van der Waals surface area contributed by atoms with Crippen molar-refractivity contribution < 1.29 is 19.0 Å². The van der Waals surface area contributed by atoms with E-state index < -0.39 is 0 Å². The Morgan fingerprint density at radius 3 is 2.80 bits per heavy atom. The van der Waals surface area contributed by atoms with Crippen molar-refractivity contribution in [2.75, 3.05) is 19.8 Å². The number of fused-ring (bicyclic) bond motifs is 1. The number of benzene rings is 2. The number of amides is 1. The third kappa shape index (κ3) is 4.89. The van der Waals surface area contributed by atoms with Gasteiger partial charge < -0.3 is 19.5 Å². The van der Waals surface area contributed by atoms with Gasteiger partial charge in [0.2, 0.25) is 5.91 Å². The van der Waals surface area contributed by atoms with Crippen LogP contribution in [0.1, 0.15) is 24.9 Å². The third-order valence-electron chi connectivity index (χ3n) is 3.84. The summed E-state index contributed by atoms with van der Waals surface area (Å²) in [6, 6.07) is 13.2. The zero-order valence-electron chi connectivity index (χ0n) is 14.0. The Hall–Kier alpha value is -2.21. The molecule has 0 saturated heterocycles. The Balaban J connectivity index is 1.49. The van der Waals surface area contributed by atoms with E-state index in [9.17, 15) is 4.79 Å². The predicted octanol–water partition coefficient (Wildman–Crippen LogP) is 3.87. The zero-order chi connectivity index (χ0) is 17.6. The van der Waals surface area contributed by atoms with E-state index in [0.717, 1.165) is 27.3 Å². The van der Waals surface area contributed by atoms with Crippen molar-refractivity contribution in [3.63, 3.8) is 0 Å². The smallest absolute Gasteiger partial charge is 0.223 e.